The van der Waals surface area contributed by atoms with Crippen LogP contribution in [0.15, 0.2) is 48.5 Å². The summed E-state index contributed by atoms with van der Waals surface area (Å²) in [5.74, 6) is 0.957. The van der Waals surface area contributed by atoms with Crippen LogP contribution >= 0.6 is 0 Å². The molecule has 104 valence electrons. The predicted molar refractivity (Wildman–Crippen MR) is 82.0 cm³/mol. The van der Waals surface area contributed by atoms with Gasteiger partial charge >= 0.3 is 0 Å². The Morgan fingerprint density at radius 2 is 2.05 bits per heavy atom. The van der Waals surface area contributed by atoms with Crippen molar-refractivity contribution in [2.75, 3.05) is 6.61 Å². The molecule has 0 spiro atoms. The molecule has 0 heterocycles. The van der Waals surface area contributed by atoms with Crippen molar-refractivity contribution in [3.05, 3.63) is 65.2 Å². The third kappa shape index (κ3) is 2.86. The Morgan fingerprint density at radius 3 is 2.95 bits per heavy atom. The van der Waals surface area contributed by atoms with Crippen molar-refractivity contribution in [3.8, 4) is 5.75 Å². The molecule has 0 fully saturated rings. The molecule has 0 radical (unpaired) electrons. The minimum Gasteiger partial charge on any atom is -0.494 e. The largest absolute Gasteiger partial charge is 0.494 e. The van der Waals surface area contributed by atoms with Gasteiger partial charge in [0.25, 0.3) is 0 Å². The van der Waals surface area contributed by atoms with E-state index in [9.17, 15) is 0 Å². The summed E-state index contributed by atoms with van der Waals surface area (Å²) in [6.45, 7) is 3.62. The molecule has 2 heteroatoms. The van der Waals surface area contributed by atoms with Crippen LogP contribution in [0, 0.1) is 0 Å². The van der Waals surface area contributed by atoms with Gasteiger partial charge in [-0.3, -0.25) is 0 Å². The first-order valence-corrected chi connectivity index (χ1v) is 7.39. The topological polar surface area (TPSA) is 21.3 Å². The fourth-order valence-corrected chi connectivity index (χ4v) is 2.92. The van der Waals surface area contributed by atoms with E-state index in [2.05, 4.69) is 47.8 Å². The van der Waals surface area contributed by atoms with Gasteiger partial charge < -0.3 is 10.1 Å². The number of nitrogens with one attached hydrogen (secondary N) is 1. The molecule has 1 N–H and O–H groups in total. The van der Waals surface area contributed by atoms with Gasteiger partial charge in [0.1, 0.15) is 5.75 Å². The van der Waals surface area contributed by atoms with Crippen LogP contribution in [0.4, 0.5) is 0 Å². The Balaban J connectivity index is 1.64. The summed E-state index contributed by atoms with van der Waals surface area (Å²) >= 11 is 0. The van der Waals surface area contributed by atoms with Crippen LogP contribution in [0.3, 0.4) is 0 Å². The molecule has 1 atom stereocenters. The molecule has 1 aliphatic carbocycles. The molecule has 3 rings (SSSR count). The van der Waals surface area contributed by atoms with Crippen LogP contribution in [-0.4, -0.2) is 6.61 Å². The lowest BCUT2D eigenvalue weighted by Crippen LogP contribution is -2.18. The zero-order chi connectivity index (χ0) is 13.8. The maximum atomic E-state index is 5.55. The fraction of sp³-hybridized carbons (Fsp3) is 0.333. The van der Waals surface area contributed by atoms with Crippen LogP contribution in [0.5, 0.6) is 5.75 Å². The third-order valence-corrected chi connectivity index (χ3v) is 3.89. The summed E-state index contributed by atoms with van der Waals surface area (Å²) in [5, 5.41) is 3.67. The number of benzene rings is 2. The molecule has 2 aromatic carbocycles. The SMILES string of the molecule is CCOc1cccc(CNC2CCc3ccccc32)c1. The fourth-order valence-electron chi connectivity index (χ4n) is 2.92. The number of fused-ring (bicyclic) bond motifs is 1. The summed E-state index contributed by atoms with van der Waals surface area (Å²) < 4.78 is 5.55. The summed E-state index contributed by atoms with van der Waals surface area (Å²) in [5.41, 5.74) is 4.24. The summed E-state index contributed by atoms with van der Waals surface area (Å²) in [7, 11) is 0. The molecule has 20 heavy (non-hydrogen) atoms. The lowest BCUT2D eigenvalue weighted by molar-refractivity contribution is 0.339. The maximum Gasteiger partial charge on any atom is 0.119 e. The smallest absolute Gasteiger partial charge is 0.119 e. The average Bonchev–Trinajstić information content (AvgIpc) is 2.89. The van der Waals surface area contributed by atoms with E-state index in [1.807, 2.05) is 13.0 Å². The first-order valence-electron chi connectivity index (χ1n) is 7.39. The molecule has 0 saturated carbocycles. The van der Waals surface area contributed by atoms with Crippen LogP contribution < -0.4 is 10.1 Å². The zero-order valence-corrected chi connectivity index (χ0v) is 11.9. The van der Waals surface area contributed by atoms with Crippen LogP contribution in [-0.2, 0) is 13.0 Å². The highest BCUT2D eigenvalue weighted by Crippen LogP contribution is 2.30. The Labute approximate surface area is 120 Å². The highest BCUT2D eigenvalue weighted by molar-refractivity contribution is 5.34. The number of rotatable bonds is 5. The monoisotopic (exact) mass is 267 g/mol. The molecular weight excluding hydrogens is 246 g/mol. The second-order valence-electron chi connectivity index (χ2n) is 5.25. The van der Waals surface area contributed by atoms with E-state index in [1.54, 1.807) is 0 Å². The van der Waals surface area contributed by atoms with Crippen LogP contribution in [0.1, 0.15) is 36.1 Å². The first kappa shape index (κ1) is 13.2. The van der Waals surface area contributed by atoms with Crippen LogP contribution in [0.25, 0.3) is 0 Å². The van der Waals surface area contributed by atoms with Gasteiger partial charge in [0.15, 0.2) is 0 Å². The number of hydrogen-bond acceptors (Lipinski definition) is 2. The summed E-state index contributed by atoms with van der Waals surface area (Å²) in [6.07, 6.45) is 2.39. The highest BCUT2D eigenvalue weighted by Gasteiger charge is 2.20. The Morgan fingerprint density at radius 1 is 1.15 bits per heavy atom. The molecule has 0 bridgehead atoms. The Kier molecular flexibility index (Phi) is 4.03. The predicted octanol–water partition coefficient (Wildman–Crippen LogP) is 3.86. The molecule has 2 nitrogen and oxygen atoms in total. The number of ether oxygens (including phenoxy) is 1. The molecule has 0 aromatic heterocycles. The van der Waals surface area contributed by atoms with Crippen molar-refractivity contribution in [1.29, 1.82) is 0 Å². The normalized spacial score (nSPS) is 16.9. The standard InChI is InChI=1S/C18H21NO/c1-2-20-16-8-5-6-14(12-16)13-19-18-11-10-15-7-3-4-9-17(15)18/h3-9,12,18-19H,2,10-11,13H2,1H3. The minimum absolute atomic E-state index is 0.488. The second kappa shape index (κ2) is 6.10. The summed E-state index contributed by atoms with van der Waals surface area (Å²) in [4.78, 5) is 0. The van der Waals surface area contributed by atoms with E-state index in [1.165, 1.54) is 29.5 Å². The van der Waals surface area contributed by atoms with Crippen LogP contribution in [0.2, 0.25) is 0 Å². The van der Waals surface area contributed by atoms with Gasteiger partial charge in [-0.1, -0.05) is 36.4 Å². The lowest BCUT2D eigenvalue weighted by atomic mass is 10.1. The third-order valence-electron chi connectivity index (χ3n) is 3.89. The Hall–Kier alpha value is -1.80. The zero-order valence-electron chi connectivity index (χ0n) is 11.9. The number of hydrogen-bond donors (Lipinski definition) is 1. The van der Waals surface area contributed by atoms with Gasteiger partial charge in [-0.15, -0.1) is 0 Å². The Bertz CT molecular complexity index is 579. The van der Waals surface area contributed by atoms with Crippen molar-refractivity contribution in [2.45, 2.75) is 32.4 Å². The molecule has 0 amide bonds. The summed E-state index contributed by atoms with van der Waals surface area (Å²) in [6, 6.07) is 17.6. The van der Waals surface area contributed by atoms with Crippen molar-refractivity contribution >= 4 is 0 Å². The van der Waals surface area contributed by atoms with Gasteiger partial charge in [-0.25, -0.2) is 0 Å². The van der Waals surface area contributed by atoms with Gasteiger partial charge in [0.2, 0.25) is 0 Å². The van der Waals surface area contributed by atoms with Gasteiger partial charge in [-0.2, -0.15) is 0 Å². The van der Waals surface area contributed by atoms with Crippen molar-refractivity contribution < 1.29 is 4.74 Å². The van der Waals surface area contributed by atoms with E-state index in [4.69, 9.17) is 4.74 Å². The van der Waals surface area contributed by atoms with Gasteiger partial charge in [0.05, 0.1) is 6.61 Å². The van der Waals surface area contributed by atoms with Crippen molar-refractivity contribution in [1.82, 2.24) is 5.32 Å². The molecule has 0 saturated heterocycles. The molecular formula is C18H21NO. The quantitative estimate of drug-likeness (QED) is 0.888. The van der Waals surface area contributed by atoms with Crippen molar-refractivity contribution in [2.24, 2.45) is 0 Å². The van der Waals surface area contributed by atoms with E-state index in [0.717, 1.165) is 12.3 Å². The average molecular weight is 267 g/mol. The molecule has 2 aromatic rings. The van der Waals surface area contributed by atoms with E-state index >= 15 is 0 Å². The lowest BCUT2D eigenvalue weighted by Gasteiger charge is -2.14. The van der Waals surface area contributed by atoms with Crippen molar-refractivity contribution in [3.63, 3.8) is 0 Å². The second-order valence-corrected chi connectivity index (χ2v) is 5.25. The minimum atomic E-state index is 0.488. The first-order chi connectivity index (χ1) is 9.86. The van der Waals surface area contributed by atoms with Gasteiger partial charge in [0, 0.05) is 12.6 Å². The molecule has 0 aliphatic heterocycles. The maximum absolute atomic E-state index is 5.55. The molecule has 1 unspecified atom stereocenters. The number of aryl methyl sites for hydroxylation is 1. The van der Waals surface area contributed by atoms with E-state index in [-0.39, 0.29) is 0 Å². The highest BCUT2D eigenvalue weighted by atomic mass is 16.5. The molecule has 1 aliphatic rings. The van der Waals surface area contributed by atoms with E-state index in [0.29, 0.717) is 12.6 Å². The van der Waals surface area contributed by atoms with Gasteiger partial charge in [-0.05, 0) is 48.6 Å². The van der Waals surface area contributed by atoms with E-state index < -0.39 is 0 Å².